The molecule has 0 aliphatic rings. The van der Waals surface area contributed by atoms with E-state index in [1.54, 1.807) is 6.92 Å². The fourth-order valence-corrected chi connectivity index (χ4v) is 1.57. The Balaban J connectivity index is 5.40. The number of hydrogen-bond acceptors (Lipinski definition) is 3. The number of halogens is 2. The molecule has 0 heterocycles. The second kappa shape index (κ2) is 11.0. The standard InChI is InChI=1S/C18H23F2NO3/c1-5-9-24-10-7-8-15(19)14(6-2)12(3)16(20)11-17(21)13(4)18(22)23/h6-8,10-11H,4-5,9,21H2,1-3H3,(H,22,23)/b10-7+,14-6-,15-8+,16-12-,17-11+. The maximum Gasteiger partial charge on any atom is 0.337 e. The highest BCUT2D eigenvalue weighted by atomic mass is 19.1. The summed E-state index contributed by atoms with van der Waals surface area (Å²) in [5, 5.41) is 8.75. The molecule has 0 aromatic heterocycles. The molecule has 0 fully saturated rings. The highest BCUT2D eigenvalue weighted by molar-refractivity contribution is 5.90. The first kappa shape index (κ1) is 21.4. The lowest BCUT2D eigenvalue weighted by Gasteiger charge is -2.07. The maximum absolute atomic E-state index is 14.2. The Kier molecular flexibility index (Phi) is 9.79. The summed E-state index contributed by atoms with van der Waals surface area (Å²) in [7, 11) is 0. The zero-order chi connectivity index (χ0) is 18.7. The van der Waals surface area contributed by atoms with E-state index in [0.717, 1.165) is 18.6 Å². The van der Waals surface area contributed by atoms with Crippen molar-refractivity contribution < 1.29 is 23.4 Å². The van der Waals surface area contributed by atoms with E-state index in [9.17, 15) is 13.6 Å². The van der Waals surface area contributed by atoms with Crippen LogP contribution in [0.25, 0.3) is 0 Å². The molecule has 0 atom stereocenters. The number of aliphatic carboxylic acids is 1. The van der Waals surface area contributed by atoms with Gasteiger partial charge in [0.2, 0.25) is 0 Å². The number of nitrogens with two attached hydrogens (primary N) is 1. The van der Waals surface area contributed by atoms with Crippen molar-refractivity contribution in [3.8, 4) is 0 Å². The van der Waals surface area contributed by atoms with Gasteiger partial charge in [0, 0.05) is 11.3 Å². The Bertz CT molecular complexity index is 626. The molecule has 3 N–H and O–H groups in total. The van der Waals surface area contributed by atoms with Crippen LogP contribution in [0.2, 0.25) is 0 Å². The van der Waals surface area contributed by atoms with E-state index >= 15 is 0 Å². The molecule has 4 nitrogen and oxygen atoms in total. The lowest BCUT2D eigenvalue weighted by atomic mass is 10.0. The van der Waals surface area contributed by atoms with Gasteiger partial charge in [-0.15, -0.1) is 0 Å². The quantitative estimate of drug-likeness (QED) is 0.282. The van der Waals surface area contributed by atoms with Crippen molar-refractivity contribution in [2.45, 2.75) is 27.2 Å². The minimum absolute atomic E-state index is 0.0183. The number of carboxylic acids is 1. The third-order valence-electron chi connectivity index (χ3n) is 2.94. The van der Waals surface area contributed by atoms with E-state index in [1.807, 2.05) is 6.92 Å². The summed E-state index contributed by atoms with van der Waals surface area (Å²) in [4.78, 5) is 10.7. The van der Waals surface area contributed by atoms with Crippen molar-refractivity contribution in [3.63, 3.8) is 0 Å². The van der Waals surface area contributed by atoms with Crippen LogP contribution in [0.4, 0.5) is 8.78 Å². The second-order valence-electron chi connectivity index (χ2n) is 4.77. The van der Waals surface area contributed by atoms with Gasteiger partial charge < -0.3 is 15.6 Å². The Morgan fingerprint density at radius 2 is 2.00 bits per heavy atom. The van der Waals surface area contributed by atoms with Gasteiger partial charge in [0.15, 0.2) is 0 Å². The van der Waals surface area contributed by atoms with Gasteiger partial charge in [-0.2, -0.15) is 0 Å². The molecule has 0 bridgehead atoms. The first-order chi connectivity index (χ1) is 11.3. The first-order valence-corrected chi connectivity index (χ1v) is 7.33. The van der Waals surface area contributed by atoms with Crippen LogP contribution in [0.1, 0.15) is 27.2 Å². The molecule has 0 aliphatic heterocycles. The SMILES string of the molecule is C=C(C(=O)O)\C(N)=C/C(F)=C(C)/C(=C/C)C(/F)=C\C=C\OCCC. The normalized spacial score (nSPS) is 14.6. The van der Waals surface area contributed by atoms with E-state index < -0.39 is 23.2 Å². The van der Waals surface area contributed by atoms with Crippen LogP contribution in [-0.2, 0) is 9.53 Å². The van der Waals surface area contributed by atoms with Crippen LogP contribution in [0.5, 0.6) is 0 Å². The van der Waals surface area contributed by atoms with Gasteiger partial charge >= 0.3 is 5.97 Å². The van der Waals surface area contributed by atoms with Gasteiger partial charge in [0.1, 0.15) is 11.7 Å². The smallest absolute Gasteiger partial charge is 0.337 e. The van der Waals surface area contributed by atoms with Crippen molar-refractivity contribution in [3.05, 3.63) is 71.2 Å². The molecule has 0 saturated carbocycles. The van der Waals surface area contributed by atoms with Crippen molar-refractivity contribution in [2.24, 2.45) is 5.73 Å². The van der Waals surface area contributed by atoms with Crippen molar-refractivity contribution in [1.29, 1.82) is 0 Å². The van der Waals surface area contributed by atoms with Crippen molar-refractivity contribution in [2.75, 3.05) is 6.61 Å². The number of ether oxygens (including phenoxy) is 1. The number of allylic oxidation sites excluding steroid dienone is 8. The number of hydrogen-bond donors (Lipinski definition) is 2. The minimum Gasteiger partial charge on any atom is -0.501 e. The lowest BCUT2D eigenvalue weighted by molar-refractivity contribution is -0.132. The van der Waals surface area contributed by atoms with Crippen LogP contribution in [0.15, 0.2) is 71.2 Å². The average molecular weight is 339 g/mol. The Morgan fingerprint density at radius 1 is 1.38 bits per heavy atom. The van der Waals surface area contributed by atoms with E-state index in [0.29, 0.717) is 6.61 Å². The Hall–Kier alpha value is -2.63. The second-order valence-corrected chi connectivity index (χ2v) is 4.77. The molecule has 0 unspecified atom stereocenters. The monoisotopic (exact) mass is 339 g/mol. The Morgan fingerprint density at radius 3 is 2.50 bits per heavy atom. The van der Waals surface area contributed by atoms with Crippen LogP contribution < -0.4 is 5.73 Å². The molecule has 6 heteroatoms. The van der Waals surface area contributed by atoms with Crippen molar-refractivity contribution in [1.82, 2.24) is 0 Å². The predicted octanol–water partition coefficient (Wildman–Crippen LogP) is 4.45. The Labute approximate surface area is 141 Å². The molecule has 0 aromatic rings. The van der Waals surface area contributed by atoms with E-state index in [-0.39, 0.29) is 16.8 Å². The van der Waals surface area contributed by atoms with Gasteiger partial charge in [0.05, 0.1) is 18.4 Å². The summed E-state index contributed by atoms with van der Waals surface area (Å²) in [5.74, 6) is -2.87. The maximum atomic E-state index is 14.2. The number of carboxylic acid groups (broad SMARTS) is 1. The van der Waals surface area contributed by atoms with E-state index in [4.69, 9.17) is 15.6 Å². The van der Waals surface area contributed by atoms with Crippen LogP contribution in [0.3, 0.4) is 0 Å². The highest BCUT2D eigenvalue weighted by Crippen LogP contribution is 2.25. The van der Waals surface area contributed by atoms with Crippen LogP contribution in [-0.4, -0.2) is 17.7 Å². The summed E-state index contributed by atoms with van der Waals surface area (Å²) in [5.41, 5.74) is 4.68. The molecule has 0 aromatic carbocycles. The van der Waals surface area contributed by atoms with E-state index in [2.05, 4.69) is 6.58 Å². The molecule has 0 aliphatic carbocycles. The topological polar surface area (TPSA) is 72.5 Å². The third kappa shape index (κ3) is 7.09. The predicted molar refractivity (Wildman–Crippen MR) is 91.2 cm³/mol. The number of rotatable bonds is 9. The van der Waals surface area contributed by atoms with Gasteiger partial charge in [-0.1, -0.05) is 19.6 Å². The average Bonchev–Trinajstić information content (AvgIpc) is 2.54. The van der Waals surface area contributed by atoms with Crippen LogP contribution in [0, 0.1) is 0 Å². The zero-order valence-corrected chi connectivity index (χ0v) is 14.1. The molecule has 24 heavy (non-hydrogen) atoms. The molecular weight excluding hydrogens is 316 g/mol. The molecule has 0 amide bonds. The number of carbonyl (C=O) groups is 1. The first-order valence-electron chi connectivity index (χ1n) is 7.33. The minimum atomic E-state index is -1.36. The summed E-state index contributed by atoms with van der Waals surface area (Å²) in [6.07, 6.45) is 6.90. The zero-order valence-electron chi connectivity index (χ0n) is 14.1. The van der Waals surface area contributed by atoms with Gasteiger partial charge in [-0.25, -0.2) is 13.6 Å². The molecule has 0 radical (unpaired) electrons. The van der Waals surface area contributed by atoms with E-state index in [1.165, 1.54) is 25.3 Å². The fourth-order valence-electron chi connectivity index (χ4n) is 1.57. The fraction of sp³-hybridized carbons (Fsp3) is 0.278. The summed E-state index contributed by atoms with van der Waals surface area (Å²) in [6.45, 7) is 8.61. The molecular formula is C18H23F2NO3. The largest absolute Gasteiger partial charge is 0.501 e. The summed E-state index contributed by atoms with van der Waals surface area (Å²) >= 11 is 0. The lowest BCUT2D eigenvalue weighted by Crippen LogP contribution is -2.09. The van der Waals surface area contributed by atoms with Gasteiger partial charge in [-0.05, 0) is 44.1 Å². The summed E-state index contributed by atoms with van der Waals surface area (Å²) < 4.78 is 33.4. The van der Waals surface area contributed by atoms with Gasteiger partial charge in [-0.3, -0.25) is 0 Å². The van der Waals surface area contributed by atoms with Crippen LogP contribution >= 0.6 is 0 Å². The summed E-state index contributed by atoms with van der Waals surface area (Å²) in [6, 6.07) is 0. The molecule has 0 rings (SSSR count). The van der Waals surface area contributed by atoms with Crippen molar-refractivity contribution >= 4 is 5.97 Å². The van der Waals surface area contributed by atoms with Gasteiger partial charge in [0.25, 0.3) is 0 Å². The highest BCUT2D eigenvalue weighted by Gasteiger charge is 2.12. The third-order valence-corrected chi connectivity index (χ3v) is 2.94. The molecule has 132 valence electrons. The molecule has 0 spiro atoms. The molecule has 0 saturated heterocycles.